The molecule has 0 saturated carbocycles. The molecule has 1 fully saturated rings. The van der Waals surface area contributed by atoms with E-state index >= 15 is 0 Å². The maximum atomic E-state index is 11.4. The standard InChI is InChI=1S/C8H16N2O/c1-3-10-6-4-5-9-7(2)8(10)11/h7,9H,3-6H2,1-2H3/t7-/m1/s1. The fourth-order valence-corrected chi connectivity index (χ4v) is 1.37. The van der Waals surface area contributed by atoms with E-state index in [0.29, 0.717) is 0 Å². The third-order valence-corrected chi connectivity index (χ3v) is 2.12. The van der Waals surface area contributed by atoms with Crippen LogP contribution in [0.4, 0.5) is 0 Å². The Morgan fingerprint density at radius 1 is 1.73 bits per heavy atom. The fraction of sp³-hybridized carbons (Fsp3) is 0.875. The summed E-state index contributed by atoms with van der Waals surface area (Å²) in [5.41, 5.74) is 0. The summed E-state index contributed by atoms with van der Waals surface area (Å²) < 4.78 is 0. The number of hydrogen-bond donors (Lipinski definition) is 1. The molecule has 1 heterocycles. The largest absolute Gasteiger partial charge is 0.342 e. The minimum absolute atomic E-state index is 0.0115. The quantitative estimate of drug-likeness (QED) is 0.589. The van der Waals surface area contributed by atoms with Gasteiger partial charge in [-0.1, -0.05) is 0 Å². The Labute approximate surface area is 67.8 Å². The number of nitrogens with one attached hydrogen (secondary N) is 1. The Morgan fingerprint density at radius 3 is 3.09 bits per heavy atom. The highest BCUT2D eigenvalue weighted by Crippen LogP contribution is 2.00. The van der Waals surface area contributed by atoms with Gasteiger partial charge in [-0.3, -0.25) is 4.79 Å². The van der Waals surface area contributed by atoms with Gasteiger partial charge in [-0.2, -0.15) is 0 Å². The summed E-state index contributed by atoms with van der Waals surface area (Å²) in [6.07, 6.45) is 1.07. The van der Waals surface area contributed by atoms with Crippen LogP contribution < -0.4 is 5.32 Å². The molecule has 0 unspecified atom stereocenters. The van der Waals surface area contributed by atoms with Gasteiger partial charge < -0.3 is 10.2 Å². The molecule has 1 aliphatic rings. The molecule has 0 aliphatic carbocycles. The molecule has 3 nitrogen and oxygen atoms in total. The zero-order valence-corrected chi connectivity index (χ0v) is 7.26. The van der Waals surface area contributed by atoms with Gasteiger partial charge in [0.15, 0.2) is 0 Å². The van der Waals surface area contributed by atoms with Crippen LogP contribution in [0, 0.1) is 0 Å². The molecule has 0 aromatic rings. The molecule has 1 saturated heterocycles. The molecular weight excluding hydrogens is 140 g/mol. The SMILES string of the molecule is CCN1CCCN[C@H](C)C1=O. The Morgan fingerprint density at radius 2 is 2.45 bits per heavy atom. The van der Waals surface area contributed by atoms with Crippen molar-refractivity contribution in [2.24, 2.45) is 0 Å². The van der Waals surface area contributed by atoms with E-state index in [0.717, 1.165) is 26.1 Å². The Bertz CT molecular complexity index is 147. The van der Waals surface area contributed by atoms with Gasteiger partial charge in [0.05, 0.1) is 6.04 Å². The van der Waals surface area contributed by atoms with E-state index in [4.69, 9.17) is 0 Å². The summed E-state index contributed by atoms with van der Waals surface area (Å²) in [5, 5.41) is 3.17. The lowest BCUT2D eigenvalue weighted by Gasteiger charge is -2.20. The van der Waals surface area contributed by atoms with E-state index < -0.39 is 0 Å². The van der Waals surface area contributed by atoms with E-state index in [9.17, 15) is 4.79 Å². The Balaban J connectivity index is 2.56. The van der Waals surface area contributed by atoms with Crippen LogP contribution in [0.15, 0.2) is 0 Å². The monoisotopic (exact) mass is 156 g/mol. The van der Waals surface area contributed by atoms with Gasteiger partial charge in [0.25, 0.3) is 0 Å². The predicted octanol–water partition coefficient (Wildman–Crippen LogP) is 0.217. The molecule has 1 atom stereocenters. The average molecular weight is 156 g/mol. The molecule has 1 aliphatic heterocycles. The van der Waals surface area contributed by atoms with E-state index in [1.165, 1.54) is 0 Å². The smallest absolute Gasteiger partial charge is 0.239 e. The summed E-state index contributed by atoms with van der Waals surface area (Å²) in [6.45, 7) is 6.66. The Kier molecular flexibility index (Phi) is 2.88. The molecule has 0 radical (unpaired) electrons. The van der Waals surface area contributed by atoms with Gasteiger partial charge in [0, 0.05) is 13.1 Å². The van der Waals surface area contributed by atoms with E-state index in [1.807, 2.05) is 18.7 Å². The van der Waals surface area contributed by atoms with Crippen LogP contribution >= 0.6 is 0 Å². The molecule has 11 heavy (non-hydrogen) atoms. The van der Waals surface area contributed by atoms with Crippen LogP contribution in [0.2, 0.25) is 0 Å². The van der Waals surface area contributed by atoms with Gasteiger partial charge in [-0.15, -0.1) is 0 Å². The van der Waals surface area contributed by atoms with Gasteiger partial charge in [0.2, 0.25) is 5.91 Å². The van der Waals surface area contributed by atoms with Crippen molar-refractivity contribution in [3.05, 3.63) is 0 Å². The van der Waals surface area contributed by atoms with Crippen molar-refractivity contribution in [3.63, 3.8) is 0 Å². The molecule has 0 aromatic heterocycles. The number of carbonyl (C=O) groups is 1. The van der Waals surface area contributed by atoms with Crippen molar-refractivity contribution in [3.8, 4) is 0 Å². The van der Waals surface area contributed by atoms with Gasteiger partial charge >= 0.3 is 0 Å². The first-order valence-corrected chi connectivity index (χ1v) is 4.28. The van der Waals surface area contributed by atoms with E-state index in [2.05, 4.69) is 5.32 Å². The highest BCUT2D eigenvalue weighted by atomic mass is 16.2. The molecule has 1 rings (SSSR count). The lowest BCUT2D eigenvalue weighted by atomic mass is 10.3. The first-order chi connectivity index (χ1) is 5.25. The maximum absolute atomic E-state index is 11.4. The summed E-state index contributed by atoms with van der Waals surface area (Å²) in [5.74, 6) is 0.241. The Hall–Kier alpha value is -0.570. The zero-order chi connectivity index (χ0) is 8.27. The molecular formula is C8H16N2O. The molecule has 3 heteroatoms. The second kappa shape index (κ2) is 3.72. The van der Waals surface area contributed by atoms with Crippen LogP contribution in [0.25, 0.3) is 0 Å². The molecule has 0 spiro atoms. The molecule has 0 aromatic carbocycles. The number of nitrogens with zero attached hydrogens (tertiary/aromatic N) is 1. The van der Waals surface area contributed by atoms with Gasteiger partial charge in [0.1, 0.15) is 0 Å². The lowest BCUT2D eigenvalue weighted by Crippen LogP contribution is -2.41. The number of likely N-dealkylation sites (N-methyl/N-ethyl adjacent to an activating group) is 1. The first-order valence-electron chi connectivity index (χ1n) is 4.28. The van der Waals surface area contributed by atoms with Crippen LogP contribution in [0.1, 0.15) is 20.3 Å². The summed E-state index contributed by atoms with van der Waals surface area (Å²) in [6, 6.07) is 0.0115. The molecule has 1 amide bonds. The highest BCUT2D eigenvalue weighted by Gasteiger charge is 2.20. The van der Waals surface area contributed by atoms with Crippen molar-refractivity contribution in [2.75, 3.05) is 19.6 Å². The fourth-order valence-electron chi connectivity index (χ4n) is 1.37. The number of rotatable bonds is 1. The first kappa shape index (κ1) is 8.53. The normalized spacial score (nSPS) is 26.9. The van der Waals surface area contributed by atoms with E-state index in [1.54, 1.807) is 0 Å². The van der Waals surface area contributed by atoms with E-state index in [-0.39, 0.29) is 11.9 Å². The van der Waals surface area contributed by atoms with Gasteiger partial charge in [-0.25, -0.2) is 0 Å². The van der Waals surface area contributed by atoms with Crippen LogP contribution in [0.3, 0.4) is 0 Å². The molecule has 64 valence electrons. The third-order valence-electron chi connectivity index (χ3n) is 2.12. The number of amides is 1. The predicted molar refractivity (Wildman–Crippen MR) is 44.3 cm³/mol. The lowest BCUT2D eigenvalue weighted by molar-refractivity contribution is -0.132. The second-order valence-corrected chi connectivity index (χ2v) is 2.95. The summed E-state index contributed by atoms with van der Waals surface area (Å²) >= 11 is 0. The van der Waals surface area contributed by atoms with Gasteiger partial charge in [-0.05, 0) is 26.8 Å². The highest BCUT2D eigenvalue weighted by molar-refractivity contribution is 5.81. The summed E-state index contributed by atoms with van der Waals surface area (Å²) in [4.78, 5) is 13.3. The van der Waals surface area contributed by atoms with Crippen LogP contribution in [-0.4, -0.2) is 36.5 Å². The van der Waals surface area contributed by atoms with Crippen molar-refractivity contribution < 1.29 is 4.79 Å². The van der Waals surface area contributed by atoms with Crippen molar-refractivity contribution in [1.29, 1.82) is 0 Å². The second-order valence-electron chi connectivity index (χ2n) is 2.95. The molecule has 0 bridgehead atoms. The van der Waals surface area contributed by atoms with Crippen molar-refractivity contribution >= 4 is 5.91 Å². The van der Waals surface area contributed by atoms with Crippen molar-refractivity contribution in [2.45, 2.75) is 26.3 Å². The third kappa shape index (κ3) is 1.93. The minimum atomic E-state index is 0.0115. The van der Waals surface area contributed by atoms with Crippen LogP contribution in [-0.2, 0) is 4.79 Å². The number of carbonyl (C=O) groups excluding carboxylic acids is 1. The zero-order valence-electron chi connectivity index (χ0n) is 7.26. The number of hydrogen-bond acceptors (Lipinski definition) is 2. The topological polar surface area (TPSA) is 32.3 Å². The molecule has 1 N–H and O–H groups in total. The van der Waals surface area contributed by atoms with Crippen LogP contribution in [0.5, 0.6) is 0 Å². The summed E-state index contributed by atoms with van der Waals surface area (Å²) in [7, 11) is 0. The average Bonchev–Trinajstić information content (AvgIpc) is 2.16. The maximum Gasteiger partial charge on any atom is 0.239 e. The van der Waals surface area contributed by atoms with Crippen molar-refractivity contribution in [1.82, 2.24) is 10.2 Å². The minimum Gasteiger partial charge on any atom is -0.342 e.